The minimum absolute atomic E-state index is 0.200. The number of benzene rings is 2. The minimum Gasteiger partial charge on any atom is -0.486 e. The van der Waals surface area contributed by atoms with Crippen LogP contribution in [0.25, 0.3) is 0 Å². The zero-order valence-electron chi connectivity index (χ0n) is 19.8. The number of rotatable bonds is 7. The van der Waals surface area contributed by atoms with Crippen LogP contribution in [0.3, 0.4) is 0 Å². The van der Waals surface area contributed by atoms with Crippen LogP contribution in [-0.4, -0.2) is 50.2 Å². The molecule has 0 unspecified atom stereocenters. The number of carbonyl (C=O) groups is 1. The van der Waals surface area contributed by atoms with Crippen LogP contribution in [0, 0.1) is 0 Å². The predicted octanol–water partition coefficient (Wildman–Crippen LogP) is 3.34. The summed E-state index contributed by atoms with van der Waals surface area (Å²) < 4.78 is 32.2. The molecule has 8 heteroatoms. The average Bonchev–Trinajstić information content (AvgIpc) is 3.04. The first-order valence-corrected chi connectivity index (χ1v) is 13.4. The van der Waals surface area contributed by atoms with Crippen molar-refractivity contribution in [2.24, 2.45) is 0 Å². The van der Waals surface area contributed by atoms with E-state index in [1.807, 2.05) is 13.8 Å². The van der Waals surface area contributed by atoms with Crippen LogP contribution >= 0.6 is 0 Å². The Morgan fingerprint density at radius 1 is 1.18 bits per heavy atom. The molecule has 0 aromatic heterocycles. The van der Waals surface area contributed by atoms with Crippen molar-refractivity contribution >= 4 is 21.6 Å². The molecule has 2 aliphatic heterocycles. The maximum Gasteiger partial charge on any atom is 0.255 e. The van der Waals surface area contributed by atoms with Crippen molar-refractivity contribution in [2.75, 3.05) is 24.1 Å². The van der Waals surface area contributed by atoms with Crippen LogP contribution in [0.5, 0.6) is 5.75 Å². The van der Waals surface area contributed by atoms with Crippen molar-refractivity contribution in [3.05, 3.63) is 58.7 Å². The smallest absolute Gasteiger partial charge is 0.255 e. The minimum atomic E-state index is -3.47. The van der Waals surface area contributed by atoms with E-state index in [9.17, 15) is 13.2 Å². The maximum atomic E-state index is 13.3. The van der Waals surface area contributed by atoms with Crippen molar-refractivity contribution in [1.29, 1.82) is 0 Å². The Labute approximate surface area is 196 Å². The van der Waals surface area contributed by atoms with E-state index < -0.39 is 15.6 Å². The van der Waals surface area contributed by atoms with Gasteiger partial charge in [0.1, 0.15) is 11.4 Å². The van der Waals surface area contributed by atoms with Gasteiger partial charge in [0.2, 0.25) is 10.0 Å². The first-order valence-electron chi connectivity index (χ1n) is 11.5. The Morgan fingerprint density at radius 3 is 2.61 bits per heavy atom. The van der Waals surface area contributed by atoms with Crippen molar-refractivity contribution in [3.63, 3.8) is 0 Å². The highest BCUT2D eigenvalue weighted by Crippen LogP contribution is 2.40. The summed E-state index contributed by atoms with van der Waals surface area (Å²) in [6.07, 6.45) is 3.63. The molecule has 0 radical (unpaired) electrons. The fraction of sp³-hybridized carbons (Fsp3) is 0.480. The largest absolute Gasteiger partial charge is 0.486 e. The fourth-order valence-corrected chi connectivity index (χ4v) is 5.40. The Bertz CT molecular complexity index is 1160. The SMILES string of the molecule is CCCN1Cc2ccccc2C[C@H]1CNC(=O)c1cc(NS(C)(=O)=O)cc2c1OC(C)(C)C2. The van der Waals surface area contributed by atoms with E-state index in [0.717, 1.165) is 37.8 Å². The molecule has 0 bridgehead atoms. The molecule has 0 spiro atoms. The summed E-state index contributed by atoms with van der Waals surface area (Å²) in [5.74, 6) is 0.285. The molecule has 2 aliphatic rings. The lowest BCUT2D eigenvalue weighted by atomic mass is 9.93. The molecular formula is C25H33N3O4S. The van der Waals surface area contributed by atoms with Crippen LogP contribution in [0.4, 0.5) is 5.69 Å². The van der Waals surface area contributed by atoms with E-state index >= 15 is 0 Å². The highest BCUT2D eigenvalue weighted by Gasteiger charge is 2.34. The zero-order chi connectivity index (χ0) is 23.8. The Balaban J connectivity index is 1.56. The molecule has 2 aromatic carbocycles. The first-order chi connectivity index (χ1) is 15.5. The van der Waals surface area contributed by atoms with E-state index in [4.69, 9.17) is 4.74 Å². The Kier molecular flexibility index (Phi) is 6.42. The van der Waals surface area contributed by atoms with Gasteiger partial charge in [0, 0.05) is 36.8 Å². The topological polar surface area (TPSA) is 87.7 Å². The van der Waals surface area contributed by atoms with Crippen molar-refractivity contribution in [2.45, 2.75) is 58.2 Å². The fourth-order valence-electron chi connectivity index (χ4n) is 4.85. The predicted molar refractivity (Wildman–Crippen MR) is 130 cm³/mol. The van der Waals surface area contributed by atoms with Crippen molar-refractivity contribution in [1.82, 2.24) is 10.2 Å². The number of hydrogen-bond donors (Lipinski definition) is 2. The third kappa shape index (κ3) is 5.50. The number of nitrogens with one attached hydrogen (secondary N) is 2. The van der Waals surface area contributed by atoms with Gasteiger partial charge in [-0.1, -0.05) is 31.2 Å². The first kappa shape index (κ1) is 23.6. The van der Waals surface area contributed by atoms with Crippen LogP contribution in [0.15, 0.2) is 36.4 Å². The molecule has 2 aromatic rings. The number of fused-ring (bicyclic) bond motifs is 2. The summed E-state index contributed by atoms with van der Waals surface area (Å²) in [5.41, 5.74) is 3.80. The molecule has 0 saturated carbocycles. The molecule has 2 N–H and O–H groups in total. The lowest BCUT2D eigenvalue weighted by Gasteiger charge is -2.37. The number of amides is 1. The second-order valence-corrected chi connectivity index (χ2v) is 11.5. The molecule has 0 fully saturated rings. The van der Waals surface area contributed by atoms with Gasteiger partial charge in [-0.05, 0) is 56.5 Å². The molecule has 1 atom stereocenters. The number of carbonyl (C=O) groups excluding carboxylic acids is 1. The summed E-state index contributed by atoms with van der Waals surface area (Å²) in [6, 6.07) is 12.0. The summed E-state index contributed by atoms with van der Waals surface area (Å²) in [5, 5.41) is 3.10. The van der Waals surface area contributed by atoms with E-state index in [2.05, 4.69) is 46.1 Å². The monoisotopic (exact) mass is 471 g/mol. The maximum absolute atomic E-state index is 13.3. The number of hydrogen-bond acceptors (Lipinski definition) is 5. The van der Waals surface area contributed by atoms with Gasteiger partial charge in [-0.2, -0.15) is 0 Å². The third-order valence-corrected chi connectivity index (χ3v) is 6.79. The molecule has 33 heavy (non-hydrogen) atoms. The van der Waals surface area contributed by atoms with Gasteiger partial charge < -0.3 is 10.1 Å². The molecule has 1 amide bonds. The second kappa shape index (κ2) is 8.99. The number of ether oxygens (including phenoxy) is 1. The number of sulfonamides is 1. The van der Waals surface area contributed by atoms with Gasteiger partial charge in [-0.15, -0.1) is 0 Å². The van der Waals surface area contributed by atoms with Crippen LogP contribution in [0.1, 0.15) is 54.2 Å². The Morgan fingerprint density at radius 2 is 1.91 bits per heavy atom. The van der Waals surface area contributed by atoms with E-state index in [1.54, 1.807) is 12.1 Å². The van der Waals surface area contributed by atoms with E-state index in [0.29, 0.717) is 30.0 Å². The van der Waals surface area contributed by atoms with Crippen LogP contribution in [-0.2, 0) is 29.4 Å². The highest BCUT2D eigenvalue weighted by molar-refractivity contribution is 7.92. The van der Waals surface area contributed by atoms with Crippen molar-refractivity contribution in [3.8, 4) is 5.75 Å². The lowest BCUT2D eigenvalue weighted by molar-refractivity contribution is 0.0912. The van der Waals surface area contributed by atoms with Gasteiger partial charge in [0.15, 0.2) is 0 Å². The summed E-state index contributed by atoms with van der Waals surface area (Å²) in [6.45, 7) is 8.44. The summed E-state index contributed by atoms with van der Waals surface area (Å²) >= 11 is 0. The third-order valence-electron chi connectivity index (χ3n) is 6.18. The van der Waals surface area contributed by atoms with E-state index in [-0.39, 0.29) is 11.9 Å². The molecule has 2 heterocycles. The van der Waals surface area contributed by atoms with Crippen LogP contribution < -0.4 is 14.8 Å². The standard InChI is InChI=1S/C25H33N3O4S/c1-5-10-28-16-18-9-7-6-8-17(18)12-21(28)15-26-24(29)22-13-20(27-33(4,30)31)11-19-14-25(2,3)32-23(19)22/h6-9,11,13,21,27H,5,10,12,14-16H2,1-4H3,(H,26,29)/t21-/m0/s1. The summed E-state index contributed by atoms with van der Waals surface area (Å²) in [7, 11) is -3.47. The molecule has 7 nitrogen and oxygen atoms in total. The quantitative estimate of drug-likeness (QED) is 0.647. The molecular weight excluding hydrogens is 438 g/mol. The highest BCUT2D eigenvalue weighted by atomic mass is 32.2. The summed E-state index contributed by atoms with van der Waals surface area (Å²) in [4.78, 5) is 15.7. The second-order valence-electron chi connectivity index (χ2n) is 9.73. The van der Waals surface area contributed by atoms with Gasteiger partial charge in [-0.25, -0.2) is 8.42 Å². The lowest BCUT2D eigenvalue weighted by Crippen LogP contribution is -2.47. The van der Waals surface area contributed by atoms with Gasteiger partial charge in [-0.3, -0.25) is 14.4 Å². The van der Waals surface area contributed by atoms with Gasteiger partial charge in [0.05, 0.1) is 11.8 Å². The zero-order valence-corrected chi connectivity index (χ0v) is 20.6. The molecule has 0 saturated heterocycles. The number of anilines is 1. The molecule has 4 rings (SSSR count). The average molecular weight is 472 g/mol. The van der Waals surface area contributed by atoms with Gasteiger partial charge in [0.25, 0.3) is 5.91 Å². The van der Waals surface area contributed by atoms with Crippen LogP contribution in [0.2, 0.25) is 0 Å². The number of nitrogens with zero attached hydrogens (tertiary/aromatic N) is 1. The molecule has 0 aliphatic carbocycles. The van der Waals surface area contributed by atoms with Crippen molar-refractivity contribution < 1.29 is 17.9 Å². The molecule has 178 valence electrons. The van der Waals surface area contributed by atoms with E-state index in [1.165, 1.54) is 11.1 Å². The Hall–Kier alpha value is -2.58. The normalized spacial score (nSPS) is 19.3. The van der Waals surface area contributed by atoms with Gasteiger partial charge >= 0.3 is 0 Å².